The van der Waals surface area contributed by atoms with E-state index in [0.717, 1.165) is 0 Å². The molecule has 8 nitrogen and oxygen atoms in total. The van der Waals surface area contributed by atoms with Crippen molar-refractivity contribution in [2.24, 2.45) is 0 Å². The van der Waals surface area contributed by atoms with Gasteiger partial charge in [0.2, 0.25) is 5.91 Å². The SMILES string of the molecule is CCOC(=O)CCC(=O)N[C@H](CCC(=O)OC)C(=O)O. The first-order valence-electron chi connectivity index (χ1n) is 6.15. The largest absolute Gasteiger partial charge is 0.480 e. The third kappa shape index (κ3) is 8.06. The van der Waals surface area contributed by atoms with E-state index in [1.165, 1.54) is 7.11 Å². The molecule has 0 saturated carbocycles. The van der Waals surface area contributed by atoms with Gasteiger partial charge in [-0.1, -0.05) is 0 Å². The van der Waals surface area contributed by atoms with Crippen LogP contribution in [0.4, 0.5) is 0 Å². The average Bonchev–Trinajstić information content (AvgIpc) is 2.40. The third-order valence-corrected chi connectivity index (χ3v) is 2.36. The summed E-state index contributed by atoms with van der Waals surface area (Å²) in [6.45, 7) is 1.86. The number of ether oxygens (including phenoxy) is 2. The van der Waals surface area contributed by atoms with Crippen molar-refractivity contribution in [1.82, 2.24) is 5.32 Å². The Labute approximate surface area is 116 Å². The molecule has 2 N–H and O–H groups in total. The maximum absolute atomic E-state index is 11.5. The van der Waals surface area contributed by atoms with Crippen LogP contribution in [0.3, 0.4) is 0 Å². The monoisotopic (exact) mass is 289 g/mol. The summed E-state index contributed by atoms with van der Waals surface area (Å²) in [4.78, 5) is 44.4. The predicted octanol–water partition coefficient (Wildman–Crippen LogP) is -0.148. The maximum Gasteiger partial charge on any atom is 0.326 e. The number of esters is 2. The fourth-order valence-corrected chi connectivity index (χ4v) is 1.34. The zero-order valence-electron chi connectivity index (χ0n) is 11.5. The van der Waals surface area contributed by atoms with Gasteiger partial charge in [0.25, 0.3) is 0 Å². The summed E-state index contributed by atoms with van der Waals surface area (Å²) in [5.41, 5.74) is 0. The van der Waals surface area contributed by atoms with Gasteiger partial charge < -0.3 is 19.9 Å². The first-order valence-corrected chi connectivity index (χ1v) is 6.15. The molecule has 0 saturated heterocycles. The van der Waals surface area contributed by atoms with Gasteiger partial charge in [0, 0.05) is 12.8 Å². The molecule has 0 aromatic rings. The molecule has 0 aliphatic carbocycles. The topological polar surface area (TPSA) is 119 Å². The van der Waals surface area contributed by atoms with Gasteiger partial charge in [0.05, 0.1) is 20.1 Å². The van der Waals surface area contributed by atoms with Crippen LogP contribution in [0.2, 0.25) is 0 Å². The lowest BCUT2D eigenvalue weighted by atomic mass is 10.1. The molecule has 0 fully saturated rings. The number of aliphatic carboxylic acids is 1. The summed E-state index contributed by atoms with van der Waals surface area (Å²) in [7, 11) is 1.19. The summed E-state index contributed by atoms with van der Waals surface area (Å²) < 4.78 is 9.03. The Kier molecular flexibility index (Phi) is 8.73. The summed E-state index contributed by atoms with van der Waals surface area (Å²) in [5.74, 6) is -2.92. The number of amides is 1. The Bertz CT molecular complexity index is 367. The number of hydrogen-bond acceptors (Lipinski definition) is 6. The third-order valence-electron chi connectivity index (χ3n) is 2.36. The maximum atomic E-state index is 11.5. The van der Waals surface area contributed by atoms with Gasteiger partial charge in [-0.25, -0.2) is 4.79 Å². The number of carbonyl (C=O) groups is 4. The molecule has 20 heavy (non-hydrogen) atoms. The highest BCUT2D eigenvalue weighted by atomic mass is 16.5. The lowest BCUT2D eigenvalue weighted by Gasteiger charge is -2.13. The summed E-state index contributed by atoms with van der Waals surface area (Å²) >= 11 is 0. The zero-order valence-corrected chi connectivity index (χ0v) is 11.5. The van der Waals surface area contributed by atoms with E-state index in [4.69, 9.17) is 5.11 Å². The van der Waals surface area contributed by atoms with Crippen molar-refractivity contribution in [3.8, 4) is 0 Å². The molecule has 0 heterocycles. The normalized spacial score (nSPS) is 11.3. The molecule has 0 bridgehead atoms. The van der Waals surface area contributed by atoms with E-state index in [1.807, 2.05) is 0 Å². The van der Waals surface area contributed by atoms with Gasteiger partial charge in [0.1, 0.15) is 6.04 Å². The second-order valence-corrected chi connectivity index (χ2v) is 3.88. The van der Waals surface area contributed by atoms with Crippen LogP contribution in [-0.4, -0.2) is 48.7 Å². The van der Waals surface area contributed by atoms with Crippen molar-refractivity contribution >= 4 is 23.8 Å². The minimum atomic E-state index is -1.25. The lowest BCUT2D eigenvalue weighted by Crippen LogP contribution is -2.41. The molecular formula is C12H19NO7. The molecular weight excluding hydrogens is 270 g/mol. The molecule has 1 amide bonds. The molecule has 0 spiro atoms. The molecule has 0 unspecified atom stereocenters. The predicted molar refractivity (Wildman–Crippen MR) is 66.7 cm³/mol. The van der Waals surface area contributed by atoms with E-state index in [9.17, 15) is 19.2 Å². The molecule has 8 heteroatoms. The van der Waals surface area contributed by atoms with E-state index in [2.05, 4.69) is 14.8 Å². The van der Waals surface area contributed by atoms with Gasteiger partial charge in [-0.15, -0.1) is 0 Å². The van der Waals surface area contributed by atoms with Crippen molar-refractivity contribution in [2.75, 3.05) is 13.7 Å². The number of hydrogen-bond donors (Lipinski definition) is 2. The molecule has 1 atom stereocenters. The van der Waals surface area contributed by atoms with Crippen LogP contribution in [0.5, 0.6) is 0 Å². The lowest BCUT2D eigenvalue weighted by molar-refractivity contribution is -0.145. The minimum Gasteiger partial charge on any atom is -0.480 e. The second kappa shape index (κ2) is 9.76. The highest BCUT2D eigenvalue weighted by Crippen LogP contribution is 2.01. The average molecular weight is 289 g/mol. The number of carboxylic acid groups (broad SMARTS) is 1. The number of rotatable bonds is 9. The summed E-state index contributed by atoms with van der Waals surface area (Å²) in [6, 6.07) is -1.19. The van der Waals surface area contributed by atoms with E-state index in [-0.39, 0.29) is 32.3 Å². The van der Waals surface area contributed by atoms with E-state index < -0.39 is 29.9 Å². The molecule has 0 aromatic carbocycles. The molecule has 0 aliphatic rings. The van der Waals surface area contributed by atoms with Gasteiger partial charge in [-0.2, -0.15) is 0 Å². The molecule has 0 aliphatic heterocycles. The summed E-state index contributed by atoms with van der Waals surface area (Å²) in [5, 5.41) is 11.2. The minimum absolute atomic E-state index is 0.0762. The van der Waals surface area contributed by atoms with Crippen molar-refractivity contribution < 1.29 is 33.8 Å². The molecule has 114 valence electrons. The van der Waals surface area contributed by atoms with Gasteiger partial charge >= 0.3 is 17.9 Å². The van der Waals surface area contributed by atoms with Gasteiger partial charge in [-0.05, 0) is 13.3 Å². The molecule has 0 rings (SSSR count). The van der Waals surface area contributed by atoms with Crippen LogP contribution < -0.4 is 5.32 Å². The Hall–Kier alpha value is -2.12. The molecule has 0 radical (unpaired) electrons. The highest BCUT2D eigenvalue weighted by Gasteiger charge is 2.21. The van der Waals surface area contributed by atoms with Crippen LogP contribution in [0.1, 0.15) is 32.6 Å². The van der Waals surface area contributed by atoms with Gasteiger partial charge in [-0.3, -0.25) is 14.4 Å². The number of carbonyl (C=O) groups excluding carboxylic acids is 3. The Morgan fingerprint density at radius 3 is 2.25 bits per heavy atom. The number of carboxylic acids is 1. The number of nitrogens with one attached hydrogen (secondary N) is 1. The van der Waals surface area contributed by atoms with Crippen LogP contribution in [0, 0.1) is 0 Å². The first-order chi connectivity index (χ1) is 9.40. The first kappa shape index (κ1) is 17.9. The second-order valence-electron chi connectivity index (χ2n) is 3.88. The number of methoxy groups -OCH3 is 1. The summed E-state index contributed by atoms with van der Waals surface area (Å²) in [6.07, 6.45) is -0.484. The van der Waals surface area contributed by atoms with E-state index in [1.54, 1.807) is 6.92 Å². The smallest absolute Gasteiger partial charge is 0.326 e. The Morgan fingerprint density at radius 1 is 1.10 bits per heavy atom. The Balaban J connectivity index is 4.17. The standard InChI is InChI=1S/C12H19NO7/c1-3-20-11(16)7-5-9(14)13-8(12(17)18)4-6-10(15)19-2/h8H,3-7H2,1-2H3,(H,13,14)(H,17,18)/t8-/m1/s1. The van der Waals surface area contributed by atoms with E-state index in [0.29, 0.717) is 0 Å². The van der Waals surface area contributed by atoms with Crippen molar-refractivity contribution in [1.29, 1.82) is 0 Å². The molecule has 0 aromatic heterocycles. The quantitative estimate of drug-likeness (QED) is 0.566. The van der Waals surface area contributed by atoms with Crippen LogP contribution in [-0.2, 0) is 28.7 Å². The highest BCUT2D eigenvalue weighted by molar-refractivity contribution is 5.86. The van der Waals surface area contributed by atoms with E-state index >= 15 is 0 Å². The van der Waals surface area contributed by atoms with Crippen molar-refractivity contribution in [3.05, 3.63) is 0 Å². The van der Waals surface area contributed by atoms with Gasteiger partial charge in [0.15, 0.2) is 0 Å². The van der Waals surface area contributed by atoms with Crippen LogP contribution in [0.25, 0.3) is 0 Å². The Morgan fingerprint density at radius 2 is 1.75 bits per heavy atom. The van der Waals surface area contributed by atoms with Crippen LogP contribution in [0.15, 0.2) is 0 Å². The van der Waals surface area contributed by atoms with Crippen molar-refractivity contribution in [2.45, 2.75) is 38.6 Å². The fourth-order valence-electron chi connectivity index (χ4n) is 1.34. The zero-order chi connectivity index (χ0) is 15.5. The fraction of sp³-hybridized carbons (Fsp3) is 0.667. The van der Waals surface area contributed by atoms with Crippen molar-refractivity contribution in [3.63, 3.8) is 0 Å². The van der Waals surface area contributed by atoms with Crippen LogP contribution >= 0.6 is 0 Å².